The molecule has 2 bridgehead atoms. The van der Waals surface area contributed by atoms with E-state index in [1.165, 1.54) is 29.3 Å². The molecule has 238 valence electrons. The number of amides is 1. The van der Waals surface area contributed by atoms with Gasteiger partial charge in [0.2, 0.25) is 0 Å². The molecular formula is C38H39N7O2. The number of carbonyl (C=O) groups is 1. The first-order valence-corrected chi connectivity index (χ1v) is 16.8. The first kappa shape index (κ1) is 28.3. The van der Waals surface area contributed by atoms with Crippen LogP contribution >= 0.6 is 0 Å². The molecule has 6 aromatic rings. The van der Waals surface area contributed by atoms with Gasteiger partial charge in [0.05, 0.1) is 37.6 Å². The Morgan fingerprint density at radius 1 is 0.936 bits per heavy atom. The third kappa shape index (κ3) is 4.91. The van der Waals surface area contributed by atoms with E-state index in [4.69, 9.17) is 20.6 Å². The summed E-state index contributed by atoms with van der Waals surface area (Å²) in [6.45, 7) is 2.93. The minimum atomic E-state index is 0.00832. The Bertz CT molecular complexity index is 2120. The van der Waals surface area contributed by atoms with Gasteiger partial charge in [-0.15, -0.1) is 0 Å². The Kier molecular flexibility index (Phi) is 6.71. The predicted octanol–water partition coefficient (Wildman–Crippen LogP) is 5.93. The van der Waals surface area contributed by atoms with Gasteiger partial charge in [-0.05, 0) is 67.3 Å². The van der Waals surface area contributed by atoms with Crippen molar-refractivity contribution in [3.05, 3.63) is 102 Å². The maximum absolute atomic E-state index is 14.0. The second-order valence-electron chi connectivity index (χ2n) is 13.7. The molecule has 2 aliphatic carbocycles. The fourth-order valence-corrected chi connectivity index (χ4v) is 7.99. The predicted molar refractivity (Wildman–Crippen MR) is 182 cm³/mol. The van der Waals surface area contributed by atoms with E-state index in [9.17, 15) is 4.79 Å². The quantitative estimate of drug-likeness (QED) is 0.215. The van der Waals surface area contributed by atoms with Crippen LogP contribution < -0.4 is 10.5 Å². The second kappa shape index (κ2) is 11.1. The number of piperidine rings is 1. The molecule has 3 fully saturated rings. The maximum atomic E-state index is 14.0. The summed E-state index contributed by atoms with van der Waals surface area (Å²) >= 11 is 0. The highest BCUT2D eigenvalue weighted by Gasteiger charge is 2.47. The highest BCUT2D eigenvalue weighted by Crippen LogP contribution is 2.40. The molecule has 1 aliphatic heterocycles. The lowest BCUT2D eigenvalue weighted by Crippen LogP contribution is -2.41. The zero-order valence-corrected chi connectivity index (χ0v) is 26.6. The van der Waals surface area contributed by atoms with Crippen molar-refractivity contribution in [1.82, 2.24) is 28.8 Å². The number of para-hydroxylation sites is 1. The van der Waals surface area contributed by atoms with E-state index in [1.807, 2.05) is 34.0 Å². The van der Waals surface area contributed by atoms with Crippen molar-refractivity contribution in [2.24, 2.45) is 17.6 Å². The molecule has 3 aromatic carbocycles. The van der Waals surface area contributed by atoms with E-state index >= 15 is 0 Å². The van der Waals surface area contributed by atoms with E-state index in [2.05, 4.69) is 69.9 Å². The minimum absolute atomic E-state index is 0.00832. The number of nitrogens with zero attached hydrogens (tertiary/aromatic N) is 6. The highest BCUT2D eigenvalue weighted by molar-refractivity contribution is 6.00. The molecule has 3 aliphatic rings. The largest absolute Gasteiger partial charge is 0.494 e. The number of hydrogen-bond donors (Lipinski definition) is 1. The minimum Gasteiger partial charge on any atom is -0.494 e. The zero-order valence-electron chi connectivity index (χ0n) is 26.6. The first-order chi connectivity index (χ1) is 23.0. The number of likely N-dealkylation sites (tertiary alicyclic amines) is 1. The summed E-state index contributed by atoms with van der Waals surface area (Å²) < 4.78 is 12.7. The number of methoxy groups -OCH3 is 1. The number of fused-ring (bicyclic) bond motifs is 4. The molecule has 47 heavy (non-hydrogen) atoms. The van der Waals surface area contributed by atoms with E-state index < -0.39 is 0 Å². The van der Waals surface area contributed by atoms with Gasteiger partial charge in [-0.1, -0.05) is 48.5 Å². The van der Waals surface area contributed by atoms with Crippen LogP contribution in [0.5, 0.6) is 5.75 Å². The van der Waals surface area contributed by atoms with Crippen molar-refractivity contribution in [1.29, 1.82) is 0 Å². The second-order valence-corrected chi connectivity index (χ2v) is 13.7. The molecule has 0 unspecified atom stereocenters. The summed E-state index contributed by atoms with van der Waals surface area (Å²) in [5.74, 6) is 2.57. The van der Waals surface area contributed by atoms with E-state index in [0.29, 0.717) is 36.2 Å². The van der Waals surface area contributed by atoms with Gasteiger partial charge in [-0.2, -0.15) is 5.10 Å². The number of aromatic nitrogens is 5. The summed E-state index contributed by atoms with van der Waals surface area (Å²) in [6.07, 6.45) is 8.63. The normalized spacial score (nSPS) is 20.6. The molecule has 2 N–H and O–H groups in total. The van der Waals surface area contributed by atoms with Crippen molar-refractivity contribution < 1.29 is 9.53 Å². The molecule has 2 saturated carbocycles. The van der Waals surface area contributed by atoms with E-state index in [-0.39, 0.29) is 18.0 Å². The van der Waals surface area contributed by atoms with Crippen molar-refractivity contribution in [3.63, 3.8) is 0 Å². The van der Waals surface area contributed by atoms with Gasteiger partial charge < -0.3 is 24.5 Å². The number of hydrogen-bond acceptors (Lipinski definition) is 5. The molecule has 9 heteroatoms. The van der Waals surface area contributed by atoms with Crippen LogP contribution in [0.3, 0.4) is 0 Å². The molecule has 3 atom stereocenters. The van der Waals surface area contributed by atoms with Gasteiger partial charge in [0.25, 0.3) is 5.91 Å². The molecule has 9 nitrogen and oxygen atoms in total. The summed E-state index contributed by atoms with van der Waals surface area (Å²) in [7, 11) is 1.68. The van der Waals surface area contributed by atoms with Gasteiger partial charge in [0, 0.05) is 53.4 Å². The Morgan fingerprint density at radius 3 is 2.53 bits per heavy atom. The maximum Gasteiger partial charge on any atom is 0.254 e. The van der Waals surface area contributed by atoms with Crippen LogP contribution in [-0.4, -0.2) is 60.4 Å². The van der Waals surface area contributed by atoms with Gasteiger partial charge >= 0.3 is 0 Å². The summed E-state index contributed by atoms with van der Waals surface area (Å²) in [5.41, 5.74) is 13.3. The molecular weight excluding hydrogens is 586 g/mol. The smallest absolute Gasteiger partial charge is 0.254 e. The third-order valence-electron chi connectivity index (χ3n) is 10.6. The SMILES string of the molecule is COc1cc(C(=O)N2C[C@H]3CC[C@@H]2[C@@H]3N)cc2nc(-c3cc4ccccc4n3CC3CC3)n(Cc3cnn(Cc4ccccc4)c3)c12. The molecule has 3 aromatic heterocycles. The number of ether oxygens (including phenoxy) is 1. The number of imidazole rings is 1. The van der Waals surface area contributed by atoms with Gasteiger partial charge in [0.1, 0.15) is 11.3 Å². The van der Waals surface area contributed by atoms with Crippen LogP contribution in [0.2, 0.25) is 0 Å². The average Bonchev–Trinajstić information content (AvgIpc) is 3.37. The number of benzene rings is 3. The standard InChI is InChI=1S/C38H39N7O2/c1-47-34-17-29(38(46)44-23-28-13-14-32(44)35(28)39)15-30-36(34)45(22-26-18-40-42(20-26)19-24-7-3-2-4-8-24)37(41-30)33-16-27-9-5-6-10-31(27)43(33)21-25-11-12-25/h2-10,15-18,20,25,28,32,35H,11-14,19,21-23,39H2,1H3/t28-,32-,35-/m1/s1. The fraction of sp³-hybridized carbons (Fsp3) is 0.342. The van der Waals surface area contributed by atoms with Crippen LogP contribution in [-0.2, 0) is 19.6 Å². The molecule has 0 spiro atoms. The van der Waals surface area contributed by atoms with Crippen molar-refractivity contribution in [2.45, 2.75) is 57.4 Å². The summed E-state index contributed by atoms with van der Waals surface area (Å²) in [5, 5.41) is 5.90. The Hall–Kier alpha value is -4.89. The topological polar surface area (TPSA) is 96.1 Å². The Morgan fingerprint density at radius 2 is 1.77 bits per heavy atom. The van der Waals surface area contributed by atoms with Crippen molar-refractivity contribution in [2.75, 3.05) is 13.7 Å². The third-order valence-corrected chi connectivity index (χ3v) is 10.6. The number of rotatable bonds is 9. The molecule has 4 heterocycles. The van der Waals surface area contributed by atoms with E-state index in [1.54, 1.807) is 7.11 Å². The monoisotopic (exact) mass is 625 g/mol. The first-order valence-electron chi connectivity index (χ1n) is 16.8. The number of nitrogens with two attached hydrogens (primary N) is 1. The van der Waals surface area contributed by atoms with E-state index in [0.717, 1.165) is 54.0 Å². The Labute approximate surface area is 273 Å². The lowest BCUT2D eigenvalue weighted by Gasteiger charge is -2.27. The van der Waals surface area contributed by atoms with Gasteiger partial charge in [0.15, 0.2) is 5.82 Å². The van der Waals surface area contributed by atoms with Crippen LogP contribution in [0.4, 0.5) is 0 Å². The lowest BCUT2D eigenvalue weighted by atomic mass is 10.1. The van der Waals surface area contributed by atoms with Gasteiger partial charge in [-0.25, -0.2) is 4.98 Å². The van der Waals surface area contributed by atoms with Gasteiger partial charge in [-0.3, -0.25) is 9.48 Å². The van der Waals surface area contributed by atoms with Crippen molar-refractivity contribution >= 4 is 27.8 Å². The molecule has 1 amide bonds. The molecule has 1 saturated heterocycles. The average molecular weight is 626 g/mol. The highest BCUT2D eigenvalue weighted by atomic mass is 16.5. The van der Waals surface area contributed by atoms with Crippen LogP contribution in [0.25, 0.3) is 33.5 Å². The van der Waals surface area contributed by atoms with Crippen molar-refractivity contribution in [3.8, 4) is 17.3 Å². The Balaban J connectivity index is 1.17. The fourth-order valence-electron chi connectivity index (χ4n) is 7.99. The number of carbonyl (C=O) groups excluding carboxylic acids is 1. The van der Waals surface area contributed by atoms with Crippen LogP contribution in [0.1, 0.15) is 47.2 Å². The summed E-state index contributed by atoms with van der Waals surface area (Å²) in [6, 6.07) is 25.2. The molecule has 9 rings (SSSR count). The summed E-state index contributed by atoms with van der Waals surface area (Å²) in [4.78, 5) is 21.3. The zero-order chi connectivity index (χ0) is 31.6. The lowest BCUT2D eigenvalue weighted by molar-refractivity contribution is 0.0700. The molecule has 0 radical (unpaired) electrons. The van der Waals surface area contributed by atoms with Crippen LogP contribution in [0, 0.1) is 11.8 Å². The van der Waals surface area contributed by atoms with Crippen LogP contribution in [0.15, 0.2) is 85.2 Å².